The van der Waals surface area contributed by atoms with Crippen LogP contribution in [0.25, 0.3) is 0 Å². The SMILES string of the molecule is CCOC(=O)c1cn(CC=C(C)C)cc1S(=O)(=O)c1cc(Cl)ccc1NCC=C(C)C. The normalized spacial score (nSPS) is 11.0. The van der Waals surface area contributed by atoms with Gasteiger partial charge in [0.05, 0.1) is 22.8 Å². The molecule has 0 saturated heterocycles. The lowest BCUT2D eigenvalue weighted by Gasteiger charge is -2.13. The van der Waals surface area contributed by atoms with Crippen molar-refractivity contribution in [1.82, 2.24) is 4.57 Å². The second kappa shape index (κ2) is 10.7. The van der Waals surface area contributed by atoms with Crippen LogP contribution in [0.2, 0.25) is 5.02 Å². The maximum atomic E-state index is 13.6. The molecule has 0 aliphatic heterocycles. The van der Waals surface area contributed by atoms with E-state index in [2.05, 4.69) is 5.32 Å². The molecule has 8 heteroatoms. The van der Waals surface area contributed by atoms with Crippen molar-refractivity contribution in [3.05, 3.63) is 64.5 Å². The summed E-state index contributed by atoms with van der Waals surface area (Å²) in [6, 6.07) is 4.64. The van der Waals surface area contributed by atoms with Crippen LogP contribution < -0.4 is 5.32 Å². The van der Waals surface area contributed by atoms with Crippen LogP contribution in [0, 0.1) is 0 Å². The number of esters is 1. The highest BCUT2D eigenvalue weighted by Gasteiger charge is 2.29. The topological polar surface area (TPSA) is 77.4 Å². The van der Waals surface area contributed by atoms with Crippen molar-refractivity contribution in [2.24, 2.45) is 0 Å². The summed E-state index contributed by atoms with van der Waals surface area (Å²) in [4.78, 5) is 12.4. The van der Waals surface area contributed by atoms with Gasteiger partial charge in [0.15, 0.2) is 0 Å². The van der Waals surface area contributed by atoms with Gasteiger partial charge in [-0.1, -0.05) is 34.9 Å². The number of allylic oxidation sites excluding steroid dienone is 3. The van der Waals surface area contributed by atoms with Crippen LogP contribution in [0.4, 0.5) is 5.69 Å². The van der Waals surface area contributed by atoms with E-state index in [0.717, 1.165) is 11.1 Å². The second-order valence-corrected chi connectivity index (χ2v) is 9.86. The molecule has 168 valence electrons. The predicted molar refractivity (Wildman–Crippen MR) is 125 cm³/mol. The average molecular weight is 465 g/mol. The molecule has 0 atom stereocenters. The highest BCUT2D eigenvalue weighted by atomic mass is 35.5. The minimum atomic E-state index is -4.06. The van der Waals surface area contributed by atoms with Gasteiger partial charge in [-0.15, -0.1) is 0 Å². The number of nitrogens with one attached hydrogen (secondary N) is 1. The fraction of sp³-hybridized carbons (Fsp3) is 0.348. The first-order valence-corrected chi connectivity index (χ1v) is 11.8. The summed E-state index contributed by atoms with van der Waals surface area (Å²) < 4.78 is 34.0. The van der Waals surface area contributed by atoms with E-state index in [1.807, 2.05) is 39.8 Å². The summed E-state index contributed by atoms with van der Waals surface area (Å²) in [7, 11) is -4.06. The maximum absolute atomic E-state index is 13.6. The second-order valence-electron chi connectivity index (χ2n) is 7.54. The monoisotopic (exact) mass is 464 g/mol. The summed E-state index contributed by atoms with van der Waals surface area (Å²) in [5.41, 5.74) is 2.59. The van der Waals surface area contributed by atoms with Crippen LogP contribution in [0.3, 0.4) is 0 Å². The number of nitrogens with zero attached hydrogens (tertiary/aromatic N) is 1. The Morgan fingerprint density at radius 3 is 2.39 bits per heavy atom. The van der Waals surface area contributed by atoms with E-state index in [4.69, 9.17) is 16.3 Å². The first kappa shape index (κ1) is 24.8. The number of anilines is 1. The van der Waals surface area contributed by atoms with Crippen LogP contribution in [0.15, 0.2) is 63.7 Å². The Labute approximate surface area is 189 Å². The molecule has 6 nitrogen and oxygen atoms in total. The number of aromatic nitrogens is 1. The summed E-state index contributed by atoms with van der Waals surface area (Å²) in [6.45, 7) is 10.5. The van der Waals surface area contributed by atoms with Crippen molar-refractivity contribution in [1.29, 1.82) is 0 Å². The lowest BCUT2D eigenvalue weighted by Crippen LogP contribution is -2.12. The van der Waals surface area contributed by atoms with Crippen molar-refractivity contribution in [3.63, 3.8) is 0 Å². The van der Waals surface area contributed by atoms with Crippen LogP contribution in [-0.4, -0.2) is 32.1 Å². The first-order chi connectivity index (χ1) is 14.6. The molecule has 1 aromatic carbocycles. The van der Waals surface area contributed by atoms with Gasteiger partial charge in [0.1, 0.15) is 4.90 Å². The molecule has 0 bridgehead atoms. The summed E-state index contributed by atoms with van der Waals surface area (Å²) in [5.74, 6) is -0.682. The van der Waals surface area contributed by atoms with E-state index < -0.39 is 15.8 Å². The molecule has 0 fully saturated rings. The fourth-order valence-corrected chi connectivity index (χ4v) is 4.69. The zero-order chi connectivity index (χ0) is 23.2. The van der Waals surface area contributed by atoms with Crippen molar-refractivity contribution < 1.29 is 17.9 Å². The van der Waals surface area contributed by atoms with Crippen LogP contribution in [-0.2, 0) is 21.1 Å². The van der Waals surface area contributed by atoms with Crippen LogP contribution >= 0.6 is 11.6 Å². The zero-order valence-corrected chi connectivity index (χ0v) is 20.1. The molecule has 0 aliphatic carbocycles. The van der Waals surface area contributed by atoms with Gasteiger partial charge < -0.3 is 14.6 Å². The third-order valence-corrected chi connectivity index (χ3v) is 6.43. The summed E-state index contributed by atoms with van der Waals surface area (Å²) in [6.07, 6.45) is 6.86. The minimum Gasteiger partial charge on any atom is -0.462 e. The van der Waals surface area contributed by atoms with Crippen LogP contribution in [0.1, 0.15) is 45.0 Å². The number of benzene rings is 1. The summed E-state index contributed by atoms with van der Waals surface area (Å²) in [5, 5.41) is 3.41. The van der Waals surface area contributed by atoms with Gasteiger partial charge >= 0.3 is 5.97 Å². The van der Waals surface area contributed by atoms with E-state index in [0.29, 0.717) is 18.8 Å². The number of ether oxygens (including phenoxy) is 1. The van der Waals surface area contributed by atoms with Gasteiger partial charge in [-0.3, -0.25) is 0 Å². The van der Waals surface area contributed by atoms with Crippen molar-refractivity contribution in [2.45, 2.75) is 51.0 Å². The van der Waals surface area contributed by atoms with Crippen molar-refractivity contribution in [3.8, 4) is 0 Å². The first-order valence-electron chi connectivity index (χ1n) is 9.98. The number of halogens is 1. The Balaban J connectivity index is 2.60. The molecule has 0 unspecified atom stereocenters. The van der Waals surface area contributed by atoms with Gasteiger partial charge in [-0.2, -0.15) is 0 Å². The Bertz CT molecular complexity index is 1110. The molecule has 0 spiro atoms. The lowest BCUT2D eigenvalue weighted by atomic mass is 10.3. The van der Waals surface area contributed by atoms with Crippen molar-refractivity contribution >= 4 is 33.1 Å². The van der Waals surface area contributed by atoms with E-state index >= 15 is 0 Å². The maximum Gasteiger partial charge on any atom is 0.341 e. The number of carbonyl (C=O) groups is 1. The van der Waals surface area contributed by atoms with Gasteiger partial charge in [-0.25, -0.2) is 13.2 Å². The number of carbonyl (C=O) groups excluding carboxylic acids is 1. The van der Waals surface area contributed by atoms with E-state index in [1.165, 1.54) is 18.5 Å². The predicted octanol–water partition coefficient (Wildman–Crippen LogP) is 5.50. The van der Waals surface area contributed by atoms with Gasteiger partial charge in [-0.05, 0) is 52.8 Å². The molecule has 2 aromatic rings. The highest BCUT2D eigenvalue weighted by Crippen LogP contribution is 2.33. The summed E-state index contributed by atoms with van der Waals surface area (Å²) >= 11 is 6.13. The van der Waals surface area contributed by atoms with Crippen molar-refractivity contribution in [2.75, 3.05) is 18.5 Å². The molecular formula is C23H29ClN2O4S. The number of hydrogen-bond donors (Lipinski definition) is 1. The van der Waals surface area contributed by atoms with Crippen LogP contribution in [0.5, 0.6) is 0 Å². The van der Waals surface area contributed by atoms with Gasteiger partial charge in [0.2, 0.25) is 9.84 Å². The molecule has 0 saturated carbocycles. The molecule has 0 radical (unpaired) electrons. The zero-order valence-electron chi connectivity index (χ0n) is 18.5. The molecule has 1 heterocycles. The molecular weight excluding hydrogens is 436 g/mol. The van der Waals surface area contributed by atoms with E-state index in [-0.39, 0.29) is 27.0 Å². The third-order valence-electron chi connectivity index (χ3n) is 4.37. The molecule has 31 heavy (non-hydrogen) atoms. The lowest BCUT2D eigenvalue weighted by molar-refractivity contribution is 0.0522. The van der Waals surface area contributed by atoms with Gasteiger partial charge in [0, 0.05) is 30.5 Å². The number of hydrogen-bond acceptors (Lipinski definition) is 5. The fourth-order valence-electron chi connectivity index (χ4n) is 2.80. The molecule has 1 aromatic heterocycles. The van der Waals surface area contributed by atoms with E-state index in [1.54, 1.807) is 23.6 Å². The van der Waals surface area contributed by atoms with E-state index in [9.17, 15) is 13.2 Å². The molecule has 1 N–H and O–H groups in total. The highest BCUT2D eigenvalue weighted by molar-refractivity contribution is 7.91. The largest absolute Gasteiger partial charge is 0.462 e. The standard InChI is InChI=1S/C23H29ClN2O4S/c1-6-30-23(27)19-14-26(12-10-17(4)5)15-22(19)31(28,29)21-13-18(24)7-8-20(21)25-11-9-16(2)3/h7-10,13-15,25H,6,11-12H2,1-5H3. The number of sulfone groups is 1. The molecule has 2 rings (SSSR count). The van der Waals surface area contributed by atoms with Gasteiger partial charge in [0.25, 0.3) is 0 Å². The minimum absolute atomic E-state index is 0.000713. The Kier molecular flexibility index (Phi) is 8.53. The quantitative estimate of drug-likeness (QED) is 0.392. The number of rotatable bonds is 9. The Hall–Kier alpha value is -2.51. The Morgan fingerprint density at radius 2 is 1.77 bits per heavy atom. The average Bonchev–Trinajstić information content (AvgIpc) is 3.13. The third kappa shape index (κ3) is 6.48. The smallest absolute Gasteiger partial charge is 0.341 e. The molecule has 0 amide bonds. The molecule has 0 aliphatic rings. The Morgan fingerprint density at radius 1 is 1.10 bits per heavy atom.